The number of benzene rings is 4. The summed E-state index contributed by atoms with van der Waals surface area (Å²) in [6.45, 7) is 24.8. The number of fused-ring (bicyclic) bond motifs is 2. The fraction of sp³-hybridized carbons (Fsp3) is 0.475. The summed E-state index contributed by atoms with van der Waals surface area (Å²) in [5, 5.41) is 9.27. The van der Waals surface area contributed by atoms with Crippen LogP contribution in [0.25, 0.3) is 21.8 Å². The predicted octanol–water partition coefficient (Wildman–Crippen LogP) is 8.68. The van der Waals surface area contributed by atoms with Crippen LogP contribution in [-0.4, -0.2) is 178 Å². The van der Waals surface area contributed by atoms with Crippen LogP contribution in [0.1, 0.15) is 52.3 Å². The number of urea groups is 2. The molecule has 10 rings (SSSR count). The number of nitrogens with one attached hydrogen (secondary N) is 2. The van der Waals surface area contributed by atoms with E-state index in [1.165, 1.54) is 17.1 Å². The average Bonchev–Trinajstić information content (AvgIpc) is 3.45. The third-order valence-corrected chi connectivity index (χ3v) is 15.3. The predicted molar refractivity (Wildman–Crippen MR) is 308 cm³/mol. The molecule has 0 unspecified atom stereocenters. The maximum Gasteiger partial charge on any atom is 0.317 e. The summed E-state index contributed by atoms with van der Waals surface area (Å²) in [5.74, 6) is 1.97. The third-order valence-electron chi connectivity index (χ3n) is 15.1. The molecule has 4 aromatic carbocycles. The summed E-state index contributed by atoms with van der Waals surface area (Å²) in [6, 6.07) is 37.4. The van der Waals surface area contributed by atoms with E-state index in [1.54, 1.807) is 0 Å². The van der Waals surface area contributed by atoms with E-state index in [-0.39, 0.29) is 17.5 Å². The number of nitrogens with zero attached hydrogens (tertiary/aromatic N) is 11. The number of amides is 4. The lowest BCUT2D eigenvalue weighted by atomic mass is 9.95. The number of para-hydroxylation sites is 3. The fourth-order valence-electron chi connectivity index (χ4n) is 10.6. The van der Waals surface area contributed by atoms with Gasteiger partial charge < -0.3 is 40.0 Å². The highest BCUT2D eigenvalue weighted by Gasteiger charge is 2.26. The molecule has 2 N–H and O–H groups in total. The Morgan fingerprint density at radius 3 is 1.53 bits per heavy atom. The van der Waals surface area contributed by atoms with Gasteiger partial charge >= 0.3 is 12.1 Å². The van der Waals surface area contributed by atoms with E-state index in [4.69, 9.17) is 21.6 Å². The lowest BCUT2D eigenvalue weighted by molar-refractivity contribution is 0.193. The second-order valence-electron chi connectivity index (χ2n) is 21.3. The van der Waals surface area contributed by atoms with E-state index in [2.05, 4.69) is 151 Å². The molecule has 0 aliphatic carbocycles. The molecule has 6 heterocycles. The SMILES string of the molecule is CC(C)(C)c1nc(N2CCN(CCCCNC(=O)N3CCN(c4ccccc4)CC3)CC2)c2ccccc2n1.O=C(NCCCCN1CCN(c2ccnc3cc(Cl)ccc23)CC1)N1CCN(c2ccccc2)CC1. The molecule has 4 fully saturated rings. The summed E-state index contributed by atoms with van der Waals surface area (Å²) in [7, 11) is 0. The van der Waals surface area contributed by atoms with E-state index < -0.39 is 0 Å². The molecule has 2 aromatic heterocycles. The number of pyridine rings is 1. The van der Waals surface area contributed by atoms with Crippen LogP contribution in [0.5, 0.6) is 0 Å². The van der Waals surface area contributed by atoms with Crippen molar-refractivity contribution in [3.8, 4) is 0 Å². The summed E-state index contributed by atoms with van der Waals surface area (Å²) in [5.41, 5.74) is 5.59. The van der Waals surface area contributed by atoms with Crippen LogP contribution in [0, 0.1) is 0 Å². The molecule has 4 aliphatic heterocycles. The highest BCUT2D eigenvalue weighted by atomic mass is 35.5. The van der Waals surface area contributed by atoms with Crippen molar-refractivity contribution in [3.05, 3.63) is 126 Å². The molecule has 0 atom stereocenters. The van der Waals surface area contributed by atoms with Crippen LogP contribution < -0.4 is 30.2 Å². The van der Waals surface area contributed by atoms with Crippen LogP contribution >= 0.6 is 11.6 Å². The molecule has 6 aromatic rings. The summed E-state index contributed by atoms with van der Waals surface area (Å²) < 4.78 is 0. The Labute approximate surface area is 449 Å². The van der Waals surface area contributed by atoms with Crippen molar-refractivity contribution < 1.29 is 9.59 Å². The van der Waals surface area contributed by atoms with Crippen molar-refractivity contribution in [2.45, 2.75) is 51.9 Å². The molecule has 4 amide bonds. The van der Waals surface area contributed by atoms with Gasteiger partial charge in [0.25, 0.3) is 0 Å². The second kappa shape index (κ2) is 25.9. The lowest BCUT2D eigenvalue weighted by Crippen LogP contribution is -2.52. The molecule has 0 radical (unpaired) electrons. The first-order valence-electron chi connectivity index (χ1n) is 27.5. The maximum absolute atomic E-state index is 12.6. The summed E-state index contributed by atoms with van der Waals surface area (Å²) in [4.78, 5) is 58.1. The van der Waals surface area contributed by atoms with Gasteiger partial charge in [-0.15, -0.1) is 0 Å². The third kappa shape index (κ3) is 14.5. The topological polar surface area (TPSA) is 123 Å². The molecule has 4 saturated heterocycles. The van der Waals surface area contributed by atoms with Crippen molar-refractivity contribution in [2.24, 2.45) is 0 Å². The van der Waals surface area contributed by atoms with Gasteiger partial charge in [-0.05, 0) is 99.4 Å². The standard InChI is InChI=1S/C31H43N7O.C28H35ClN6O/c1-31(2,3)29-33-27-14-8-7-13-26(27)28(34-29)37-19-17-35(18-20-37)16-10-9-15-32-30(39)38-23-21-36(22-24-38)25-11-5-4-6-12-25;29-23-8-9-25-26(22-23)30-12-10-27(25)34-16-14-32(15-17-34)13-5-4-11-31-28(36)35-20-18-33(19-21-35)24-6-2-1-3-7-24/h4-8,11-14H,9-10,15-24H2,1-3H3,(H,32,39);1-3,6-10,12,22H,4-5,11,13-21H2,(H,31,36). The minimum absolute atomic E-state index is 0.0715. The van der Waals surface area contributed by atoms with Gasteiger partial charge in [-0.3, -0.25) is 14.8 Å². The molecule has 75 heavy (non-hydrogen) atoms. The Hall–Kier alpha value is -6.42. The Bertz CT molecular complexity index is 2750. The number of hydrogen-bond acceptors (Lipinski definition) is 11. The first-order valence-corrected chi connectivity index (χ1v) is 27.9. The number of rotatable bonds is 14. The monoisotopic (exact) mass is 1040 g/mol. The fourth-order valence-corrected chi connectivity index (χ4v) is 10.7. The molecule has 16 heteroatoms. The Balaban J connectivity index is 0.000000184. The highest BCUT2D eigenvalue weighted by molar-refractivity contribution is 6.31. The van der Waals surface area contributed by atoms with E-state index in [1.807, 2.05) is 40.3 Å². The zero-order chi connectivity index (χ0) is 52.0. The van der Waals surface area contributed by atoms with E-state index in [0.29, 0.717) is 0 Å². The van der Waals surface area contributed by atoms with E-state index >= 15 is 0 Å². The molecule has 0 bridgehead atoms. The number of halogens is 1. The summed E-state index contributed by atoms with van der Waals surface area (Å²) >= 11 is 6.14. The number of carbonyl (C=O) groups excluding carboxylic acids is 2. The highest BCUT2D eigenvalue weighted by Crippen LogP contribution is 2.30. The van der Waals surface area contributed by atoms with E-state index in [0.717, 1.165) is 195 Å². The quantitative estimate of drug-likeness (QED) is 0.102. The second-order valence-corrected chi connectivity index (χ2v) is 21.7. The smallest absolute Gasteiger partial charge is 0.317 e. The average molecular weight is 1040 g/mol. The Kier molecular flexibility index (Phi) is 18.4. The van der Waals surface area contributed by atoms with Crippen molar-refractivity contribution >= 4 is 68.3 Å². The van der Waals surface area contributed by atoms with Crippen molar-refractivity contribution in [3.63, 3.8) is 0 Å². The minimum atomic E-state index is -0.0907. The van der Waals surface area contributed by atoms with Gasteiger partial charge in [0.05, 0.1) is 11.0 Å². The molecule has 15 nitrogen and oxygen atoms in total. The zero-order valence-corrected chi connectivity index (χ0v) is 45.3. The molecular weight excluding hydrogens is 958 g/mol. The van der Waals surface area contributed by atoms with Gasteiger partial charge in [0, 0.05) is 162 Å². The van der Waals surface area contributed by atoms with E-state index in [9.17, 15) is 9.59 Å². The minimum Gasteiger partial charge on any atom is -0.368 e. The van der Waals surface area contributed by atoms with Crippen LogP contribution in [0.15, 0.2) is 115 Å². The molecule has 398 valence electrons. The van der Waals surface area contributed by atoms with Gasteiger partial charge in [0.15, 0.2) is 0 Å². The van der Waals surface area contributed by atoms with Crippen LogP contribution in [0.2, 0.25) is 5.02 Å². The number of aromatic nitrogens is 3. The van der Waals surface area contributed by atoms with Gasteiger partial charge in [0.1, 0.15) is 11.6 Å². The molecule has 4 aliphatic rings. The van der Waals surface area contributed by atoms with Gasteiger partial charge in [-0.25, -0.2) is 19.6 Å². The maximum atomic E-state index is 12.6. The number of carbonyl (C=O) groups is 2. The first-order chi connectivity index (χ1) is 36.6. The number of anilines is 4. The number of piperazine rings is 4. The van der Waals surface area contributed by atoms with Gasteiger partial charge in [-0.1, -0.05) is 80.9 Å². The lowest BCUT2D eigenvalue weighted by Gasteiger charge is -2.36. The molecule has 0 saturated carbocycles. The first kappa shape index (κ1) is 53.4. The number of unbranched alkanes of at least 4 members (excludes halogenated alkanes) is 2. The van der Waals surface area contributed by atoms with Crippen LogP contribution in [-0.2, 0) is 5.41 Å². The molecule has 0 spiro atoms. The Morgan fingerprint density at radius 1 is 0.507 bits per heavy atom. The van der Waals surface area contributed by atoms with Gasteiger partial charge in [-0.2, -0.15) is 0 Å². The van der Waals surface area contributed by atoms with Crippen molar-refractivity contribution in [2.75, 3.05) is 150 Å². The largest absolute Gasteiger partial charge is 0.368 e. The van der Waals surface area contributed by atoms with Crippen molar-refractivity contribution in [1.82, 2.24) is 45.2 Å². The van der Waals surface area contributed by atoms with Crippen LogP contribution in [0.3, 0.4) is 0 Å². The Morgan fingerprint density at radius 2 is 1.00 bits per heavy atom. The zero-order valence-electron chi connectivity index (χ0n) is 44.6. The summed E-state index contributed by atoms with van der Waals surface area (Å²) in [6.07, 6.45) is 6.07. The van der Waals surface area contributed by atoms with Crippen molar-refractivity contribution in [1.29, 1.82) is 0 Å². The molecular formula is C59H78ClN13O2. The number of hydrogen-bond donors (Lipinski definition) is 2. The normalized spacial score (nSPS) is 17.0. The van der Waals surface area contributed by atoms with Crippen LogP contribution in [0.4, 0.5) is 32.5 Å². The van der Waals surface area contributed by atoms with Gasteiger partial charge in [0.2, 0.25) is 0 Å².